The Morgan fingerprint density at radius 1 is 1.31 bits per heavy atom. The highest BCUT2D eigenvalue weighted by molar-refractivity contribution is 6.08. The van der Waals surface area contributed by atoms with Gasteiger partial charge in [-0.15, -0.1) is 0 Å². The van der Waals surface area contributed by atoms with Crippen LogP contribution in [0.25, 0.3) is 0 Å². The maximum atomic E-state index is 12.2. The number of hydroxylamine groups is 1. The summed E-state index contributed by atoms with van der Waals surface area (Å²) in [5.41, 5.74) is 1.11. The fraction of sp³-hybridized carbons (Fsp3) is 0.462. The van der Waals surface area contributed by atoms with Crippen molar-refractivity contribution in [2.45, 2.75) is 37.8 Å². The summed E-state index contributed by atoms with van der Waals surface area (Å²) in [6, 6.07) is 7.77. The molecule has 3 nitrogen and oxygen atoms in total. The molecule has 1 aliphatic heterocycles. The van der Waals surface area contributed by atoms with E-state index >= 15 is 0 Å². The molecule has 0 radical (unpaired) electrons. The minimum Gasteiger partial charge on any atom is -0.623 e. The minimum atomic E-state index is -0.949. The standard InChI is InChI=1S/C13H15NO2/c1-12(2)8-13(15)7-9-5-3-4-6-10(9)11(13)14(12)16/h3-6,15H,7-8H2,1-2H3. The van der Waals surface area contributed by atoms with Gasteiger partial charge in [0.05, 0.1) is 6.42 Å². The molecule has 0 aromatic heterocycles. The third kappa shape index (κ3) is 1.04. The SMILES string of the molecule is CC1(C)CC2(O)Cc3ccccc3C2=[N+]1[O-]. The lowest BCUT2D eigenvalue weighted by Crippen LogP contribution is -2.35. The van der Waals surface area contributed by atoms with Gasteiger partial charge in [0.15, 0.2) is 11.1 Å². The summed E-state index contributed by atoms with van der Waals surface area (Å²) in [5.74, 6) is 0. The molecular weight excluding hydrogens is 202 g/mol. The van der Waals surface area contributed by atoms with Gasteiger partial charge < -0.3 is 10.3 Å². The van der Waals surface area contributed by atoms with E-state index in [0.717, 1.165) is 15.9 Å². The molecule has 84 valence electrons. The molecule has 0 amide bonds. The number of fused-ring (bicyclic) bond motifs is 3. The molecule has 0 bridgehead atoms. The number of hydrogen-bond donors (Lipinski definition) is 1. The van der Waals surface area contributed by atoms with Crippen LogP contribution in [0.15, 0.2) is 24.3 Å². The van der Waals surface area contributed by atoms with E-state index < -0.39 is 11.1 Å². The first-order chi connectivity index (χ1) is 7.44. The molecule has 1 heterocycles. The van der Waals surface area contributed by atoms with Gasteiger partial charge in [0.25, 0.3) is 0 Å². The molecule has 2 aliphatic rings. The van der Waals surface area contributed by atoms with E-state index in [9.17, 15) is 10.3 Å². The average molecular weight is 217 g/mol. The van der Waals surface area contributed by atoms with Crippen molar-refractivity contribution in [3.63, 3.8) is 0 Å². The van der Waals surface area contributed by atoms with Crippen molar-refractivity contribution >= 4 is 5.71 Å². The van der Waals surface area contributed by atoms with Gasteiger partial charge >= 0.3 is 0 Å². The Morgan fingerprint density at radius 3 is 2.75 bits per heavy atom. The van der Waals surface area contributed by atoms with Gasteiger partial charge in [-0.1, -0.05) is 18.2 Å². The quantitative estimate of drug-likeness (QED) is 0.528. The van der Waals surface area contributed by atoms with Gasteiger partial charge in [-0.05, 0) is 11.6 Å². The second-order valence-electron chi connectivity index (χ2n) is 5.50. The summed E-state index contributed by atoms with van der Waals surface area (Å²) in [5, 5.41) is 22.8. The van der Waals surface area contributed by atoms with E-state index in [-0.39, 0.29) is 0 Å². The van der Waals surface area contributed by atoms with Crippen LogP contribution in [0.2, 0.25) is 0 Å². The van der Waals surface area contributed by atoms with Crippen LogP contribution in [-0.2, 0) is 6.42 Å². The highest BCUT2D eigenvalue weighted by atomic mass is 16.5. The second kappa shape index (κ2) is 2.66. The third-order valence-corrected chi connectivity index (χ3v) is 3.67. The first kappa shape index (κ1) is 9.85. The van der Waals surface area contributed by atoms with E-state index in [0.29, 0.717) is 18.6 Å². The summed E-state index contributed by atoms with van der Waals surface area (Å²) in [6.45, 7) is 3.76. The van der Waals surface area contributed by atoms with E-state index in [4.69, 9.17) is 0 Å². The van der Waals surface area contributed by atoms with Gasteiger partial charge in [0.2, 0.25) is 5.71 Å². The highest BCUT2D eigenvalue weighted by Crippen LogP contribution is 2.42. The van der Waals surface area contributed by atoms with Crippen LogP contribution in [0.1, 0.15) is 31.4 Å². The minimum absolute atomic E-state index is 0.502. The Kier molecular flexibility index (Phi) is 1.64. The summed E-state index contributed by atoms with van der Waals surface area (Å²) in [7, 11) is 0. The molecular formula is C13H15NO2. The largest absolute Gasteiger partial charge is 0.623 e. The number of aliphatic hydroxyl groups is 1. The zero-order valence-corrected chi connectivity index (χ0v) is 9.53. The van der Waals surface area contributed by atoms with Gasteiger partial charge in [-0.3, -0.25) is 0 Å². The van der Waals surface area contributed by atoms with E-state index in [1.54, 1.807) is 0 Å². The first-order valence-electron chi connectivity index (χ1n) is 5.59. The zero-order chi connectivity index (χ0) is 11.6. The lowest BCUT2D eigenvalue weighted by molar-refractivity contribution is -0.530. The molecule has 1 aromatic carbocycles. The maximum Gasteiger partial charge on any atom is 0.227 e. The Balaban J connectivity index is 2.28. The van der Waals surface area contributed by atoms with Crippen molar-refractivity contribution in [3.05, 3.63) is 40.6 Å². The lowest BCUT2D eigenvalue weighted by Gasteiger charge is -2.20. The van der Waals surface area contributed by atoms with Crippen molar-refractivity contribution in [1.82, 2.24) is 0 Å². The Labute approximate surface area is 94.6 Å². The second-order valence-corrected chi connectivity index (χ2v) is 5.50. The van der Waals surface area contributed by atoms with E-state index in [1.807, 2.05) is 38.1 Å². The normalized spacial score (nSPS) is 30.4. The summed E-state index contributed by atoms with van der Waals surface area (Å²) >= 11 is 0. The van der Waals surface area contributed by atoms with Crippen LogP contribution in [0, 0.1) is 5.21 Å². The molecule has 1 aromatic rings. The van der Waals surface area contributed by atoms with Crippen molar-refractivity contribution in [2.24, 2.45) is 0 Å². The van der Waals surface area contributed by atoms with E-state index in [2.05, 4.69) is 0 Å². The fourth-order valence-corrected chi connectivity index (χ4v) is 3.09. The summed E-state index contributed by atoms with van der Waals surface area (Å²) in [6.07, 6.45) is 1.08. The van der Waals surface area contributed by atoms with Crippen LogP contribution >= 0.6 is 0 Å². The molecule has 0 saturated heterocycles. The van der Waals surface area contributed by atoms with E-state index in [1.165, 1.54) is 0 Å². The fourth-order valence-electron chi connectivity index (χ4n) is 3.09. The van der Waals surface area contributed by atoms with Crippen molar-refractivity contribution in [1.29, 1.82) is 0 Å². The van der Waals surface area contributed by atoms with Crippen molar-refractivity contribution < 1.29 is 9.85 Å². The van der Waals surface area contributed by atoms with Crippen LogP contribution in [0.4, 0.5) is 0 Å². The van der Waals surface area contributed by atoms with Crippen LogP contribution in [0.5, 0.6) is 0 Å². The molecule has 0 saturated carbocycles. The monoisotopic (exact) mass is 217 g/mol. The smallest absolute Gasteiger partial charge is 0.227 e. The summed E-state index contributed by atoms with van der Waals surface area (Å²) in [4.78, 5) is 0. The molecule has 1 unspecified atom stereocenters. The Bertz CT molecular complexity index is 504. The average Bonchev–Trinajstić information content (AvgIpc) is 2.55. The number of benzene rings is 1. The van der Waals surface area contributed by atoms with Crippen molar-refractivity contribution in [3.8, 4) is 0 Å². The molecule has 0 fully saturated rings. The molecule has 1 atom stereocenters. The van der Waals surface area contributed by atoms with Crippen LogP contribution in [0.3, 0.4) is 0 Å². The Hall–Kier alpha value is -1.35. The highest BCUT2D eigenvalue weighted by Gasteiger charge is 2.58. The number of rotatable bonds is 0. The van der Waals surface area contributed by atoms with Crippen LogP contribution in [-0.4, -0.2) is 26.7 Å². The molecule has 1 aliphatic carbocycles. The maximum absolute atomic E-state index is 12.2. The molecule has 3 rings (SSSR count). The van der Waals surface area contributed by atoms with Crippen molar-refractivity contribution in [2.75, 3.05) is 0 Å². The third-order valence-electron chi connectivity index (χ3n) is 3.67. The molecule has 0 spiro atoms. The Morgan fingerprint density at radius 2 is 2.00 bits per heavy atom. The predicted octanol–water partition coefficient (Wildman–Crippen LogP) is 1.46. The molecule has 3 heteroatoms. The predicted molar refractivity (Wildman–Crippen MR) is 61.5 cm³/mol. The number of nitrogens with zero attached hydrogens (tertiary/aromatic N) is 1. The van der Waals surface area contributed by atoms with Gasteiger partial charge in [0.1, 0.15) is 0 Å². The van der Waals surface area contributed by atoms with Gasteiger partial charge in [-0.25, -0.2) is 4.74 Å². The number of hydrogen-bond acceptors (Lipinski definition) is 2. The topological polar surface area (TPSA) is 46.3 Å². The summed E-state index contributed by atoms with van der Waals surface area (Å²) < 4.78 is 0.999. The molecule has 16 heavy (non-hydrogen) atoms. The zero-order valence-electron chi connectivity index (χ0n) is 9.53. The molecule has 1 N–H and O–H groups in total. The van der Waals surface area contributed by atoms with Crippen LogP contribution < -0.4 is 0 Å². The lowest BCUT2D eigenvalue weighted by atomic mass is 9.89. The van der Waals surface area contributed by atoms with Gasteiger partial charge in [0, 0.05) is 25.8 Å². The first-order valence-corrected chi connectivity index (χ1v) is 5.59. The van der Waals surface area contributed by atoms with Gasteiger partial charge in [-0.2, -0.15) is 0 Å².